The number of nitrogens with zero attached hydrogens (tertiary/aromatic N) is 2. The highest BCUT2D eigenvalue weighted by molar-refractivity contribution is 5.43. The van der Waals surface area contributed by atoms with Gasteiger partial charge >= 0.3 is 0 Å². The molecule has 0 unspecified atom stereocenters. The van der Waals surface area contributed by atoms with Crippen molar-refractivity contribution in [2.75, 3.05) is 20.8 Å². The largest absolute Gasteiger partial charge is 0.496 e. The van der Waals surface area contributed by atoms with Gasteiger partial charge in [-0.05, 0) is 73.4 Å². The highest BCUT2D eigenvalue weighted by Gasteiger charge is 2.16. The lowest BCUT2D eigenvalue weighted by Crippen LogP contribution is -2.14. The first-order chi connectivity index (χ1) is 15.4. The molecule has 0 saturated carbocycles. The number of aryl methyl sites for hydroxylation is 2. The Hall–Kier alpha value is -2.95. The van der Waals surface area contributed by atoms with E-state index in [2.05, 4.69) is 60.7 Å². The molecule has 5 heteroatoms. The lowest BCUT2D eigenvalue weighted by atomic mass is 9.85. The number of methoxy groups -OCH3 is 2. The molecule has 1 heterocycles. The van der Waals surface area contributed by atoms with E-state index < -0.39 is 0 Å². The van der Waals surface area contributed by atoms with Gasteiger partial charge in [-0.25, -0.2) is 4.98 Å². The van der Waals surface area contributed by atoms with Crippen molar-refractivity contribution in [1.29, 1.82) is 0 Å². The number of aromatic nitrogens is 2. The van der Waals surface area contributed by atoms with Crippen LogP contribution in [-0.2, 0) is 19.4 Å². The zero-order chi connectivity index (χ0) is 23.1. The first kappa shape index (κ1) is 23.7. The number of rotatable bonds is 11. The van der Waals surface area contributed by atoms with Crippen molar-refractivity contribution in [3.8, 4) is 17.2 Å². The summed E-state index contributed by atoms with van der Waals surface area (Å²) in [5.41, 5.74) is 3.81. The maximum Gasteiger partial charge on any atom is 0.161 e. The Bertz CT molecular complexity index is 1010. The molecule has 0 aliphatic carbocycles. The second kappa shape index (κ2) is 11.1. The van der Waals surface area contributed by atoms with Crippen LogP contribution in [0.2, 0.25) is 0 Å². The molecule has 2 aromatic carbocycles. The fourth-order valence-electron chi connectivity index (χ4n) is 4.07. The van der Waals surface area contributed by atoms with E-state index in [1.54, 1.807) is 14.2 Å². The van der Waals surface area contributed by atoms with Crippen LogP contribution >= 0.6 is 0 Å². The van der Waals surface area contributed by atoms with Crippen LogP contribution in [0.5, 0.6) is 17.2 Å². The average Bonchev–Trinajstić information content (AvgIpc) is 3.18. The van der Waals surface area contributed by atoms with Crippen LogP contribution in [0.4, 0.5) is 0 Å². The number of benzene rings is 2. The smallest absolute Gasteiger partial charge is 0.161 e. The number of hydrogen-bond acceptors (Lipinski definition) is 4. The molecule has 0 bridgehead atoms. The van der Waals surface area contributed by atoms with Crippen LogP contribution in [0.25, 0.3) is 0 Å². The van der Waals surface area contributed by atoms with E-state index in [1.807, 2.05) is 25.4 Å². The van der Waals surface area contributed by atoms with E-state index >= 15 is 0 Å². The predicted octanol–water partition coefficient (Wildman–Crippen LogP) is 5.65. The first-order valence-electron chi connectivity index (χ1n) is 11.3. The monoisotopic (exact) mass is 436 g/mol. The molecule has 0 spiro atoms. The van der Waals surface area contributed by atoms with E-state index in [9.17, 15) is 0 Å². The molecule has 2 atom stereocenters. The molecule has 0 N–H and O–H groups in total. The summed E-state index contributed by atoms with van der Waals surface area (Å²) in [5.74, 6) is 4.59. The van der Waals surface area contributed by atoms with Crippen molar-refractivity contribution >= 4 is 0 Å². The van der Waals surface area contributed by atoms with Gasteiger partial charge in [-0.15, -0.1) is 0 Å². The molecular formula is C27H36N2O3. The summed E-state index contributed by atoms with van der Waals surface area (Å²) < 4.78 is 19.1. The van der Waals surface area contributed by atoms with Gasteiger partial charge in [-0.3, -0.25) is 0 Å². The zero-order valence-corrected chi connectivity index (χ0v) is 20.2. The highest BCUT2D eigenvalue weighted by Crippen LogP contribution is 2.31. The van der Waals surface area contributed by atoms with Gasteiger partial charge in [-0.2, -0.15) is 0 Å². The summed E-state index contributed by atoms with van der Waals surface area (Å²) in [6.07, 6.45) is 5.83. The third-order valence-electron chi connectivity index (χ3n) is 6.29. The van der Waals surface area contributed by atoms with Gasteiger partial charge in [0.15, 0.2) is 11.5 Å². The highest BCUT2D eigenvalue weighted by atomic mass is 16.5. The van der Waals surface area contributed by atoms with Gasteiger partial charge in [0.05, 0.1) is 20.8 Å². The molecule has 3 aromatic rings. The third-order valence-corrected chi connectivity index (χ3v) is 6.29. The number of imidazole rings is 1. The second-order valence-corrected chi connectivity index (χ2v) is 8.67. The summed E-state index contributed by atoms with van der Waals surface area (Å²) in [7, 11) is 3.40. The molecular weight excluding hydrogens is 400 g/mol. The summed E-state index contributed by atoms with van der Waals surface area (Å²) in [4.78, 5) is 4.26. The lowest BCUT2D eigenvalue weighted by molar-refractivity contribution is 0.278. The standard InChI is InChI=1S/C27H36N2O3/c1-19(15-23-7-9-25(30-5)21(3)17-23)20(2)16-24-8-10-26(31-6)27(18-24)32-14-13-29-12-11-28-22(29)4/h7-12,17-20H,13-16H2,1-6H3/t19-,20+/m1/s1. The molecule has 172 valence electrons. The molecule has 0 fully saturated rings. The van der Waals surface area contributed by atoms with Crippen molar-refractivity contribution in [2.45, 2.75) is 47.1 Å². The zero-order valence-electron chi connectivity index (χ0n) is 20.2. The van der Waals surface area contributed by atoms with Crippen LogP contribution in [0.1, 0.15) is 36.4 Å². The molecule has 0 aliphatic heterocycles. The lowest BCUT2D eigenvalue weighted by Gasteiger charge is -2.21. The van der Waals surface area contributed by atoms with Crippen LogP contribution in [0, 0.1) is 25.7 Å². The third kappa shape index (κ3) is 6.06. The van der Waals surface area contributed by atoms with Gasteiger partial charge < -0.3 is 18.8 Å². The SMILES string of the molecule is COc1ccc(C[C@@H](C)[C@@H](C)Cc2ccc(OC)c(OCCn3ccnc3C)c2)cc1C. The maximum absolute atomic E-state index is 6.08. The minimum atomic E-state index is 0.534. The van der Waals surface area contributed by atoms with Crippen molar-refractivity contribution < 1.29 is 14.2 Å². The Morgan fingerprint density at radius 2 is 1.47 bits per heavy atom. The number of ether oxygens (including phenoxy) is 3. The maximum atomic E-state index is 6.08. The quantitative estimate of drug-likeness (QED) is 0.389. The Balaban J connectivity index is 1.61. The minimum absolute atomic E-state index is 0.534. The Kier molecular flexibility index (Phi) is 8.20. The van der Waals surface area contributed by atoms with E-state index in [4.69, 9.17) is 14.2 Å². The fourth-order valence-corrected chi connectivity index (χ4v) is 4.07. The molecule has 0 radical (unpaired) electrons. The second-order valence-electron chi connectivity index (χ2n) is 8.67. The summed E-state index contributed by atoms with van der Waals surface area (Å²) in [5, 5.41) is 0. The van der Waals surface area contributed by atoms with Crippen LogP contribution in [0.15, 0.2) is 48.8 Å². The van der Waals surface area contributed by atoms with Crippen molar-refractivity contribution in [3.63, 3.8) is 0 Å². The molecule has 0 aliphatic rings. The molecule has 5 nitrogen and oxygen atoms in total. The molecule has 32 heavy (non-hydrogen) atoms. The van der Waals surface area contributed by atoms with E-state index in [1.165, 1.54) is 16.7 Å². The van der Waals surface area contributed by atoms with Crippen molar-refractivity contribution in [3.05, 3.63) is 71.3 Å². The molecule has 0 saturated heterocycles. The molecule has 3 rings (SSSR count). The minimum Gasteiger partial charge on any atom is -0.496 e. The van der Waals surface area contributed by atoms with E-state index in [0.717, 1.165) is 42.5 Å². The Morgan fingerprint density at radius 1 is 0.844 bits per heavy atom. The molecule has 0 amide bonds. The topological polar surface area (TPSA) is 45.5 Å². The fraction of sp³-hybridized carbons (Fsp3) is 0.444. The Labute approximate surface area is 192 Å². The normalized spacial score (nSPS) is 12.9. The van der Waals surface area contributed by atoms with Gasteiger partial charge in [0.2, 0.25) is 0 Å². The number of hydrogen-bond donors (Lipinski definition) is 0. The summed E-state index contributed by atoms with van der Waals surface area (Å²) in [6.45, 7) is 10.1. The van der Waals surface area contributed by atoms with Crippen LogP contribution in [-0.4, -0.2) is 30.4 Å². The van der Waals surface area contributed by atoms with Gasteiger partial charge in [-0.1, -0.05) is 32.0 Å². The van der Waals surface area contributed by atoms with Gasteiger partial charge in [0.25, 0.3) is 0 Å². The average molecular weight is 437 g/mol. The Morgan fingerprint density at radius 3 is 2.03 bits per heavy atom. The summed E-state index contributed by atoms with van der Waals surface area (Å²) in [6, 6.07) is 12.8. The van der Waals surface area contributed by atoms with E-state index in [-0.39, 0.29) is 0 Å². The first-order valence-corrected chi connectivity index (χ1v) is 11.3. The van der Waals surface area contributed by atoms with Crippen LogP contribution in [0.3, 0.4) is 0 Å². The van der Waals surface area contributed by atoms with Crippen molar-refractivity contribution in [1.82, 2.24) is 9.55 Å². The molecule has 1 aromatic heterocycles. The van der Waals surface area contributed by atoms with Crippen molar-refractivity contribution in [2.24, 2.45) is 11.8 Å². The van der Waals surface area contributed by atoms with Gasteiger partial charge in [0, 0.05) is 12.4 Å². The van der Waals surface area contributed by atoms with Crippen LogP contribution < -0.4 is 14.2 Å². The van der Waals surface area contributed by atoms with E-state index in [0.29, 0.717) is 18.4 Å². The predicted molar refractivity (Wildman–Crippen MR) is 129 cm³/mol. The summed E-state index contributed by atoms with van der Waals surface area (Å²) >= 11 is 0. The van der Waals surface area contributed by atoms with Gasteiger partial charge in [0.1, 0.15) is 18.2 Å².